The van der Waals surface area contributed by atoms with Crippen LogP contribution in [0.5, 0.6) is 0 Å². The van der Waals surface area contributed by atoms with E-state index < -0.39 is 11.9 Å². The summed E-state index contributed by atoms with van der Waals surface area (Å²) in [4.78, 5) is 23.4. The van der Waals surface area contributed by atoms with Crippen molar-refractivity contribution < 1.29 is 14.7 Å². The van der Waals surface area contributed by atoms with E-state index in [2.05, 4.69) is 12.2 Å². The van der Waals surface area contributed by atoms with Crippen LogP contribution in [-0.2, 0) is 9.59 Å². The predicted molar refractivity (Wildman–Crippen MR) is 74.8 cm³/mol. The van der Waals surface area contributed by atoms with Gasteiger partial charge in [-0.3, -0.25) is 9.59 Å². The van der Waals surface area contributed by atoms with Gasteiger partial charge >= 0.3 is 5.97 Å². The maximum atomic E-state index is 12.2. The van der Waals surface area contributed by atoms with Crippen molar-refractivity contribution in [3.63, 3.8) is 0 Å². The van der Waals surface area contributed by atoms with Gasteiger partial charge in [-0.15, -0.1) is 0 Å². The van der Waals surface area contributed by atoms with Gasteiger partial charge in [-0.2, -0.15) is 0 Å². The van der Waals surface area contributed by atoms with Gasteiger partial charge in [0.15, 0.2) is 0 Å². The topological polar surface area (TPSA) is 66.4 Å². The Balaban J connectivity index is 2.43. The van der Waals surface area contributed by atoms with Crippen LogP contribution in [0.15, 0.2) is 0 Å². The van der Waals surface area contributed by atoms with Gasteiger partial charge in [-0.05, 0) is 26.2 Å². The molecule has 0 radical (unpaired) electrons. The summed E-state index contributed by atoms with van der Waals surface area (Å²) in [5.41, 5.74) is 0. The number of carbonyl (C=O) groups is 2. The molecule has 0 aliphatic heterocycles. The molecule has 3 atom stereocenters. The molecule has 0 unspecified atom stereocenters. The third kappa shape index (κ3) is 5.21. The number of carbonyl (C=O) groups excluding carboxylic acids is 1. The van der Waals surface area contributed by atoms with Gasteiger partial charge in [0, 0.05) is 6.04 Å². The average molecular weight is 269 g/mol. The van der Waals surface area contributed by atoms with Crippen LogP contribution in [0.25, 0.3) is 0 Å². The summed E-state index contributed by atoms with van der Waals surface area (Å²) in [5, 5.41) is 12.2. The lowest BCUT2D eigenvalue weighted by molar-refractivity contribution is -0.149. The minimum absolute atomic E-state index is 0.0592. The van der Waals surface area contributed by atoms with E-state index in [4.69, 9.17) is 0 Å². The summed E-state index contributed by atoms with van der Waals surface area (Å²) in [5.74, 6) is -1.70. The molecule has 4 heteroatoms. The SMILES string of the molecule is CCCCC[C@H](C)NC(=O)[C@H]1CCCC[C@H]1C(=O)O. The largest absolute Gasteiger partial charge is 0.481 e. The van der Waals surface area contributed by atoms with Crippen LogP contribution in [0.2, 0.25) is 0 Å². The Morgan fingerprint density at radius 2 is 1.84 bits per heavy atom. The van der Waals surface area contributed by atoms with E-state index >= 15 is 0 Å². The zero-order valence-electron chi connectivity index (χ0n) is 12.2. The number of hydrogen-bond donors (Lipinski definition) is 2. The second-order valence-electron chi connectivity index (χ2n) is 5.74. The third-order valence-corrected chi connectivity index (χ3v) is 4.05. The third-order valence-electron chi connectivity index (χ3n) is 4.05. The number of aliphatic carboxylic acids is 1. The van der Waals surface area contributed by atoms with Crippen LogP contribution in [0.3, 0.4) is 0 Å². The van der Waals surface area contributed by atoms with Crippen LogP contribution in [-0.4, -0.2) is 23.0 Å². The number of rotatable bonds is 7. The van der Waals surface area contributed by atoms with Crippen molar-refractivity contribution >= 4 is 11.9 Å². The summed E-state index contributed by atoms with van der Waals surface area (Å²) in [6.07, 6.45) is 7.68. The molecule has 0 bridgehead atoms. The molecule has 1 saturated carbocycles. The van der Waals surface area contributed by atoms with Crippen molar-refractivity contribution in [1.82, 2.24) is 5.32 Å². The Kier molecular flexibility index (Phi) is 6.89. The molecule has 1 aliphatic carbocycles. The van der Waals surface area contributed by atoms with Crippen LogP contribution in [0.4, 0.5) is 0 Å². The first kappa shape index (κ1) is 16.0. The number of hydrogen-bond acceptors (Lipinski definition) is 2. The van der Waals surface area contributed by atoms with Crippen molar-refractivity contribution in [1.29, 1.82) is 0 Å². The Bertz CT molecular complexity index is 304. The highest BCUT2D eigenvalue weighted by molar-refractivity contribution is 5.85. The molecule has 2 N–H and O–H groups in total. The maximum Gasteiger partial charge on any atom is 0.307 e. The molecule has 1 rings (SSSR count). The van der Waals surface area contributed by atoms with Crippen LogP contribution in [0.1, 0.15) is 65.2 Å². The molecule has 0 aromatic heterocycles. The number of unbranched alkanes of at least 4 members (excludes halogenated alkanes) is 2. The fourth-order valence-electron chi connectivity index (χ4n) is 2.86. The highest BCUT2D eigenvalue weighted by atomic mass is 16.4. The second kappa shape index (κ2) is 8.18. The molecule has 19 heavy (non-hydrogen) atoms. The zero-order chi connectivity index (χ0) is 14.3. The lowest BCUT2D eigenvalue weighted by Gasteiger charge is -2.28. The lowest BCUT2D eigenvalue weighted by atomic mass is 9.78. The van der Waals surface area contributed by atoms with Gasteiger partial charge in [0.2, 0.25) is 5.91 Å². The summed E-state index contributed by atoms with van der Waals surface area (Å²) < 4.78 is 0. The lowest BCUT2D eigenvalue weighted by Crippen LogP contribution is -2.43. The Hall–Kier alpha value is -1.06. The fourth-order valence-corrected chi connectivity index (χ4v) is 2.86. The molecule has 1 aliphatic rings. The standard InChI is InChI=1S/C15H27NO3/c1-3-4-5-8-11(2)16-14(17)12-9-6-7-10-13(12)15(18)19/h11-13H,3-10H2,1-2H3,(H,16,17)(H,18,19)/t11-,12-,13+/m0/s1. The maximum absolute atomic E-state index is 12.2. The van der Waals surface area contributed by atoms with Crippen molar-refractivity contribution in [2.24, 2.45) is 11.8 Å². The minimum Gasteiger partial charge on any atom is -0.481 e. The normalized spacial score (nSPS) is 24.7. The minimum atomic E-state index is -0.821. The van der Waals surface area contributed by atoms with E-state index in [9.17, 15) is 14.7 Å². The summed E-state index contributed by atoms with van der Waals surface area (Å²) in [6, 6.07) is 0.149. The van der Waals surface area contributed by atoms with E-state index in [0.29, 0.717) is 12.8 Å². The van der Waals surface area contributed by atoms with E-state index in [0.717, 1.165) is 25.7 Å². The van der Waals surface area contributed by atoms with E-state index in [-0.39, 0.29) is 17.9 Å². The summed E-state index contributed by atoms with van der Waals surface area (Å²) in [7, 11) is 0. The van der Waals surface area contributed by atoms with Crippen molar-refractivity contribution in [3.8, 4) is 0 Å². The smallest absolute Gasteiger partial charge is 0.307 e. The van der Waals surface area contributed by atoms with Gasteiger partial charge in [0.1, 0.15) is 0 Å². The molecule has 110 valence electrons. The quantitative estimate of drug-likeness (QED) is 0.698. The van der Waals surface area contributed by atoms with Gasteiger partial charge in [-0.25, -0.2) is 0 Å². The number of carboxylic acid groups (broad SMARTS) is 1. The molecular formula is C15H27NO3. The molecule has 0 spiro atoms. The van der Waals surface area contributed by atoms with Crippen LogP contribution < -0.4 is 5.32 Å². The number of carboxylic acids is 1. The molecule has 0 heterocycles. The van der Waals surface area contributed by atoms with E-state index in [1.165, 1.54) is 12.8 Å². The van der Waals surface area contributed by atoms with Gasteiger partial charge in [0.05, 0.1) is 11.8 Å². The second-order valence-corrected chi connectivity index (χ2v) is 5.74. The first-order chi connectivity index (χ1) is 9.06. The van der Waals surface area contributed by atoms with Gasteiger partial charge in [0.25, 0.3) is 0 Å². The Morgan fingerprint density at radius 1 is 1.21 bits per heavy atom. The highest BCUT2D eigenvalue weighted by Crippen LogP contribution is 2.30. The molecule has 4 nitrogen and oxygen atoms in total. The van der Waals surface area contributed by atoms with E-state index in [1.54, 1.807) is 0 Å². The van der Waals surface area contributed by atoms with Crippen LogP contribution in [0, 0.1) is 11.8 Å². The molecular weight excluding hydrogens is 242 g/mol. The molecule has 1 amide bonds. The number of amides is 1. The number of nitrogens with one attached hydrogen (secondary N) is 1. The predicted octanol–water partition coefficient (Wildman–Crippen LogP) is 2.96. The first-order valence-electron chi connectivity index (χ1n) is 7.59. The fraction of sp³-hybridized carbons (Fsp3) is 0.867. The van der Waals surface area contributed by atoms with Crippen molar-refractivity contribution in [2.45, 2.75) is 71.3 Å². The van der Waals surface area contributed by atoms with E-state index in [1.807, 2.05) is 6.92 Å². The first-order valence-corrected chi connectivity index (χ1v) is 7.59. The highest BCUT2D eigenvalue weighted by Gasteiger charge is 2.35. The van der Waals surface area contributed by atoms with Crippen LogP contribution >= 0.6 is 0 Å². The zero-order valence-corrected chi connectivity index (χ0v) is 12.2. The van der Waals surface area contributed by atoms with Crippen molar-refractivity contribution in [2.75, 3.05) is 0 Å². The summed E-state index contributed by atoms with van der Waals surface area (Å²) in [6.45, 7) is 4.16. The molecule has 0 aromatic carbocycles. The van der Waals surface area contributed by atoms with Gasteiger partial charge < -0.3 is 10.4 Å². The molecule has 0 aromatic rings. The average Bonchev–Trinajstić information content (AvgIpc) is 2.39. The monoisotopic (exact) mass is 269 g/mol. The van der Waals surface area contributed by atoms with Crippen molar-refractivity contribution in [3.05, 3.63) is 0 Å². The Morgan fingerprint density at radius 3 is 2.42 bits per heavy atom. The molecule has 1 fully saturated rings. The Labute approximate surface area is 116 Å². The van der Waals surface area contributed by atoms with Gasteiger partial charge in [-0.1, -0.05) is 39.0 Å². The molecule has 0 saturated heterocycles. The summed E-state index contributed by atoms with van der Waals surface area (Å²) >= 11 is 0.